The second-order valence-corrected chi connectivity index (χ2v) is 43.0. The van der Waals surface area contributed by atoms with Crippen LogP contribution in [-0.2, 0) is 76.1 Å². The monoisotopic (exact) mass is 1980 g/mol. The number of halogens is 3. The van der Waals surface area contributed by atoms with Crippen LogP contribution >= 0.6 is 0 Å². The number of carboxylic acids is 1. The van der Waals surface area contributed by atoms with Crippen LogP contribution in [0.5, 0.6) is 0 Å². The molecule has 145 heavy (non-hydrogen) atoms. The smallest absolute Gasteiger partial charge is 0.394 e. The maximum Gasteiger partial charge on any atom is 0.394 e. The molecule has 0 unspecified atom stereocenters. The summed E-state index contributed by atoms with van der Waals surface area (Å²) in [5.74, 6) is 5.30. The summed E-state index contributed by atoms with van der Waals surface area (Å²) in [6.07, 6.45) is 40.2. The molecule has 35 nitrogen and oxygen atoms in total. The molecule has 16 aromatic heterocycles. The number of anilines is 8. The Labute approximate surface area is 835 Å². The van der Waals surface area contributed by atoms with Gasteiger partial charge in [0.2, 0.25) is 29.7 Å². The maximum absolute atomic E-state index is 12.6. The van der Waals surface area contributed by atoms with Gasteiger partial charge in [-0.1, -0.05) is 52.0 Å². The number of carbonyl (C=O) groups is 3. The van der Waals surface area contributed by atoms with Gasteiger partial charge in [-0.15, -0.1) is 0 Å². The van der Waals surface area contributed by atoms with Gasteiger partial charge >= 0.3 is 18.1 Å². The van der Waals surface area contributed by atoms with E-state index in [0.29, 0.717) is 124 Å². The van der Waals surface area contributed by atoms with Crippen molar-refractivity contribution >= 4 is 162 Å². The molecule has 0 saturated heterocycles. The number of aliphatic hydroxyl groups is 1. The molecule has 0 spiro atoms. The Morgan fingerprint density at radius 3 is 0.959 bits per heavy atom. The number of carbonyl (C=O) groups excluding carboxylic acids is 2. The van der Waals surface area contributed by atoms with Crippen molar-refractivity contribution in [2.45, 2.75) is 219 Å². The number of carboxylic acid groups (broad SMARTS) is 1. The van der Waals surface area contributed by atoms with Gasteiger partial charge in [0.05, 0.1) is 59.0 Å². The number of sulfone groups is 1. The molecule has 4 aliphatic carbocycles. The highest BCUT2D eigenvalue weighted by Crippen LogP contribution is 2.45. The molecule has 0 aromatic carbocycles. The van der Waals surface area contributed by atoms with Crippen LogP contribution in [0.3, 0.4) is 0 Å². The molecule has 0 radical (unpaired) electrons. The largest absolute Gasteiger partial charge is 0.474 e. The third kappa shape index (κ3) is 21.3. The van der Waals surface area contributed by atoms with Crippen LogP contribution in [0.25, 0.3) is 87.7 Å². The van der Waals surface area contributed by atoms with Crippen LogP contribution in [0.15, 0.2) is 147 Å². The number of aliphatic hydroxyl groups excluding tert-OH is 1. The topological polar surface area (TPSA) is 413 Å². The van der Waals surface area contributed by atoms with Crippen molar-refractivity contribution in [2.24, 2.45) is 23.7 Å². The number of aromatic nitrogens is 20. The van der Waals surface area contributed by atoms with Crippen molar-refractivity contribution < 1.29 is 46.2 Å². The number of alkyl halides is 3. The Bertz CT molecular complexity index is 7680. The van der Waals surface area contributed by atoms with Crippen LogP contribution in [0, 0.1) is 23.7 Å². The summed E-state index contributed by atoms with van der Waals surface area (Å²) in [6.45, 7) is 13.6. The predicted octanol–water partition coefficient (Wildman–Crippen LogP) is 18.0. The van der Waals surface area contributed by atoms with Crippen LogP contribution < -0.4 is 21.3 Å². The van der Waals surface area contributed by atoms with Crippen LogP contribution in [0.1, 0.15) is 206 Å². The summed E-state index contributed by atoms with van der Waals surface area (Å²) in [7, 11) is -2.97. The minimum atomic E-state index is -4.13. The van der Waals surface area contributed by atoms with Crippen molar-refractivity contribution in [3.8, 4) is 0 Å². The van der Waals surface area contributed by atoms with Gasteiger partial charge in [-0.2, -0.15) is 33.1 Å². The van der Waals surface area contributed by atoms with Crippen molar-refractivity contribution in [2.75, 3.05) is 79.2 Å². The van der Waals surface area contributed by atoms with Gasteiger partial charge in [0.15, 0.2) is 0 Å². The Morgan fingerprint density at radius 1 is 0.372 bits per heavy atom. The standard InChI is InChI=1S/C27H30F3N7.C27H33N7O2S.C26H27N7O3.C26H29N7O2/c1-17-2-5-19(6-3-17)37-23-15-31-11-8-20(23)21-14-32-26(35-25(21)37)34-24-7-4-18-16-36(12-9-22(18)33-24)13-10-27(28,29)30;1-18-3-6-20(7-4-18)34-24-16-28-11-9-21(24)22-15-29-27(32-26(22)34)31-25-8-5-19-17-33(12-10-23(19)30-25)13-14-37(2,35)36;1-15-2-5-17(6-3-15)33-21-13-27-10-8-18(21)19-12-28-26(31-23(19)33)30-22-7-4-16-14-32(24(34)25(35)36)11-9-20(16)29-22;1-16-2-5-18(6-3-16)33-22-13-27-10-8-19(22)20-12-28-26(31-25(20)33)30-23-7-4-17-14-32(24(35)15-34)11-9-21(17)29-23/h4,7-8,11,14-15,17,19H,2-3,5-6,9-10,12-13,16H2,1H3,(H,32,33,34,35);5,8-9,11,15-16,18,20H,3-4,6-7,10,12-14,17H2,1-2H3,(H,29,30,31,32);4,7-8,10,12-13,15,17H,2-3,5-6,9,11,14H2,1H3,(H,35,36)(H,28,29,30,31);4,7-8,10,12-13,16,18,34H,2-3,5-6,9,11,14-15H2,1H3,(H,28,29,30,31). The summed E-state index contributed by atoms with van der Waals surface area (Å²) < 4.78 is 70.3. The summed E-state index contributed by atoms with van der Waals surface area (Å²) in [5.41, 5.74) is 15.8. The number of aliphatic carboxylic acids is 1. The molecule has 8 aliphatic rings. The summed E-state index contributed by atoms with van der Waals surface area (Å²) >= 11 is 0. The molecule has 0 bridgehead atoms. The Hall–Kier alpha value is -14.1. The third-order valence-corrected chi connectivity index (χ3v) is 31.5. The second kappa shape index (κ2) is 41.6. The van der Waals surface area contributed by atoms with E-state index in [9.17, 15) is 36.0 Å². The zero-order chi connectivity index (χ0) is 99.9. The lowest BCUT2D eigenvalue weighted by atomic mass is 9.87. The average molecular weight is 1990 g/mol. The van der Waals surface area contributed by atoms with Crippen molar-refractivity contribution in [1.82, 2.24) is 118 Å². The van der Waals surface area contributed by atoms with Crippen LogP contribution in [0.4, 0.5) is 60.2 Å². The van der Waals surface area contributed by atoms with Gasteiger partial charge < -0.3 is 59.5 Å². The average Bonchev–Trinajstić information content (AvgIpc) is 1.61. The number of hydrogen-bond donors (Lipinski definition) is 6. The highest BCUT2D eigenvalue weighted by molar-refractivity contribution is 7.90. The van der Waals surface area contributed by atoms with E-state index in [2.05, 4.69) is 124 Å². The van der Waals surface area contributed by atoms with Crippen molar-refractivity contribution in [1.29, 1.82) is 0 Å². The molecular formula is C106H119F3N28O7S. The van der Waals surface area contributed by atoms with Crippen LogP contribution in [0.2, 0.25) is 0 Å². The molecule has 4 aliphatic heterocycles. The van der Waals surface area contributed by atoms with E-state index in [1.165, 1.54) is 62.5 Å². The van der Waals surface area contributed by atoms with Crippen LogP contribution in [-0.4, -0.2) is 218 Å². The summed E-state index contributed by atoms with van der Waals surface area (Å²) in [6, 6.07) is 25.1. The molecule has 39 heteroatoms. The van der Waals surface area contributed by atoms with E-state index in [-0.39, 0.29) is 24.7 Å². The first kappa shape index (κ1) is 97.0. The van der Waals surface area contributed by atoms with Gasteiger partial charge in [0, 0.05) is 237 Å². The number of rotatable bonds is 18. The number of hydrogen-bond acceptors (Lipinski definition) is 28. The first-order valence-electron chi connectivity index (χ1n) is 50.8. The summed E-state index contributed by atoms with van der Waals surface area (Å²) in [5, 5.41) is 39.9. The number of fused-ring (bicyclic) bond motifs is 16. The molecule has 4 fully saturated rings. The molecule has 2 amide bonds. The maximum atomic E-state index is 12.6. The highest BCUT2D eigenvalue weighted by atomic mass is 32.2. The number of amides is 2. The highest BCUT2D eigenvalue weighted by Gasteiger charge is 2.35. The van der Waals surface area contributed by atoms with Gasteiger partial charge in [-0.25, -0.2) is 53.1 Å². The van der Waals surface area contributed by atoms with Crippen molar-refractivity contribution in [3.05, 3.63) is 192 Å². The minimum Gasteiger partial charge on any atom is -0.474 e. The van der Waals surface area contributed by atoms with Gasteiger partial charge in [-0.3, -0.25) is 39.3 Å². The third-order valence-electron chi connectivity index (χ3n) is 30.5. The number of nitrogens with zero attached hydrogens (tertiary/aromatic N) is 24. The fourth-order valence-corrected chi connectivity index (χ4v) is 23.1. The number of nitrogens with one attached hydrogen (secondary N) is 4. The molecular weight excluding hydrogens is 1870 g/mol. The van der Waals surface area contributed by atoms with E-state index in [1.807, 2.05) is 140 Å². The Balaban J connectivity index is 0.000000114. The molecule has 16 aromatic rings. The fraction of sp³-hybridized carbons (Fsp3) is 0.443. The normalized spacial score (nSPS) is 20.4. The zero-order valence-electron chi connectivity index (χ0n) is 82.0. The zero-order valence-corrected chi connectivity index (χ0v) is 82.8. The van der Waals surface area contributed by atoms with E-state index in [0.717, 1.165) is 233 Å². The first-order valence-corrected chi connectivity index (χ1v) is 52.9. The van der Waals surface area contributed by atoms with E-state index >= 15 is 0 Å². The molecule has 24 rings (SSSR count). The molecule has 6 N–H and O–H groups in total. The lowest BCUT2D eigenvalue weighted by Gasteiger charge is -2.28. The molecule has 20 heterocycles. The molecule has 0 atom stereocenters. The molecule has 752 valence electrons. The van der Waals surface area contributed by atoms with E-state index in [1.54, 1.807) is 4.90 Å². The fourth-order valence-electron chi connectivity index (χ4n) is 22.5. The summed E-state index contributed by atoms with van der Waals surface area (Å²) in [4.78, 5) is 116. The van der Waals surface area contributed by atoms with Gasteiger partial charge in [0.25, 0.3) is 0 Å². The van der Waals surface area contributed by atoms with Gasteiger partial charge in [0.1, 0.15) is 62.3 Å². The first-order chi connectivity index (χ1) is 70.3. The van der Waals surface area contributed by atoms with E-state index < -0.39 is 40.9 Å². The van der Waals surface area contributed by atoms with Crippen molar-refractivity contribution in [3.63, 3.8) is 0 Å². The Kier molecular flexibility index (Phi) is 27.8. The molecule has 4 saturated carbocycles. The lowest BCUT2D eigenvalue weighted by molar-refractivity contribution is -0.156. The van der Waals surface area contributed by atoms with Gasteiger partial charge in [-0.05, 0) is 197 Å². The number of pyridine rings is 8. The predicted molar refractivity (Wildman–Crippen MR) is 549 cm³/mol. The quantitative estimate of drug-likeness (QED) is 0.0435. The minimum absolute atomic E-state index is 0.0141. The van der Waals surface area contributed by atoms with E-state index in [4.69, 9.17) is 50.1 Å². The SMILES string of the molecule is CC1CCC(n2c3cnccc3c3cnc(Nc4ccc5c(n4)CCN(C(=O)C(=O)O)C5)nc32)CC1.CC1CCC(n2c3cnccc3c3cnc(Nc4ccc5c(n4)CCN(C(=O)CO)C5)nc32)CC1.CC1CCC(n2c3cnccc3c3cnc(Nc4ccc5c(n4)CCN(CCC(F)(F)F)C5)nc32)CC1.CC1CCC(n2c3cnccc3c3cnc(Nc4ccc5c(n4)CCN(CCS(C)(=O)=O)C5)nc32)CC1. The Morgan fingerprint density at radius 2 is 0.662 bits per heavy atom. The lowest BCUT2D eigenvalue weighted by Crippen LogP contribution is -2.40. The second-order valence-electron chi connectivity index (χ2n) is 40.7.